The molecule has 36 heavy (non-hydrogen) atoms. The minimum absolute atomic E-state index is 0.0503. The van der Waals surface area contributed by atoms with Gasteiger partial charge >= 0.3 is 6.18 Å². The van der Waals surface area contributed by atoms with E-state index >= 15 is 0 Å². The Labute approximate surface area is 212 Å². The first-order valence-corrected chi connectivity index (χ1v) is 12.7. The molecule has 1 unspecified atom stereocenters. The fraction of sp³-hybridized carbons (Fsp3) is 0.357. The lowest BCUT2D eigenvalue weighted by molar-refractivity contribution is -0.137. The van der Waals surface area contributed by atoms with E-state index in [0.29, 0.717) is 28.5 Å². The Balaban J connectivity index is 1.70. The molecule has 4 rings (SSSR count). The molecule has 0 bridgehead atoms. The molecular formula is C28H29F3N2O2S. The van der Waals surface area contributed by atoms with Crippen LogP contribution in [0.2, 0.25) is 0 Å². The maximum atomic E-state index is 13.5. The van der Waals surface area contributed by atoms with Crippen molar-refractivity contribution in [2.75, 3.05) is 10.6 Å². The summed E-state index contributed by atoms with van der Waals surface area (Å²) < 4.78 is 39.5. The van der Waals surface area contributed by atoms with E-state index in [1.807, 2.05) is 19.1 Å². The Hall–Kier alpha value is -3.13. The Kier molecular flexibility index (Phi) is 7.01. The quantitative estimate of drug-likeness (QED) is 0.374. The van der Waals surface area contributed by atoms with Crippen molar-refractivity contribution in [3.8, 4) is 0 Å². The number of hydrogen-bond acceptors (Lipinski definition) is 3. The number of alkyl halides is 3. The lowest BCUT2D eigenvalue weighted by atomic mass is 9.72. The van der Waals surface area contributed by atoms with Crippen molar-refractivity contribution in [1.82, 2.24) is 0 Å². The standard InChI is InChI=1S/C28H29F3N2O2S/c1-16-8-5-6-11-20(16)24(34)33-26-23(21-13-12-17(27(2,3)4)15-22(21)36-26)25(35)32-19-10-7-9-18(14-19)28(29,30)31/h5-11,14,17H,12-13,15H2,1-4H3,(H,32,35)(H,33,34). The molecule has 1 aromatic heterocycles. The number of aryl methyl sites for hydroxylation is 1. The van der Waals surface area contributed by atoms with Crippen LogP contribution in [0.25, 0.3) is 0 Å². The predicted molar refractivity (Wildman–Crippen MR) is 138 cm³/mol. The van der Waals surface area contributed by atoms with Crippen LogP contribution >= 0.6 is 11.3 Å². The lowest BCUT2D eigenvalue weighted by Crippen LogP contribution is -2.27. The Morgan fingerprint density at radius 1 is 0.972 bits per heavy atom. The Morgan fingerprint density at radius 3 is 2.36 bits per heavy atom. The van der Waals surface area contributed by atoms with Gasteiger partial charge in [-0.2, -0.15) is 13.2 Å². The van der Waals surface area contributed by atoms with E-state index in [0.717, 1.165) is 41.0 Å². The Bertz CT molecular complexity index is 1300. The molecule has 0 saturated carbocycles. The van der Waals surface area contributed by atoms with Crippen LogP contribution in [0.5, 0.6) is 0 Å². The van der Waals surface area contributed by atoms with Crippen molar-refractivity contribution in [1.29, 1.82) is 0 Å². The van der Waals surface area contributed by atoms with Gasteiger partial charge in [-0.1, -0.05) is 45.0 Å². The van der Waals surface area contributed by atoms with Gasteiger partial charge in [-0.3, -0.25) is 9.59 Å². The second-order valence-corrected chi connectivity index (χ2v) is 11.4. The number of halogens is 3. The van der Waals surface area contributed by atoms with E-state index in [-0.39, 0.29) is 17.0 Å². The summed E-state index contributed by atoms with van der Waals surface area (Å²) >= 11 is 1.38. The van der Waals surface area contributed by atoms with E-state index in [9.17, 15) is 22.8 Å². The molecule has 1 aliphatic rings. The third-order valence-electron chi connectivity index (χ3n) is 6.78. The summed E-state index contributed by atoms with van der Waals surface area (Å²) in [6.07, 6.45) is -2.17. The average Bonchev–Trinajstić information content (AvgIpc) is 3.15. The fourth-order valence-electron chi connectivity index (χ4n) is 4.62. The van der Waals surface area contributed by atoms with Crippen LogP contribution in [-0.4, -0.2) is 11.8 Å². The van der Waals surface area contributed by atoms with Crippen molar-refractivity contribution in [3.05, 3.63) is 81.2 Å². The van der Waals surface area contributed by atoms with Gasteiger partial charge in [0.2, 0.25) is 0 Å². The second-order valence-electron chi connectivity index (χ2n) is 10.3. The molecule has 1 heterocycles. The van der Waals surface area contributed by atoms with Crippen LogP contribution in [0.15, 0.2) is 48.5 Å². The predicted octanol–water partition coefficient (Wildman–Crippen LogP) is 7.73. The molecule has 0 saturated heterocycles. The van der Waals surface area contributed by atoms with E-state index in [1.54, 1.807) is 12.1 Å². The van der Waals surface area contributed by atoms with Gasteiger partial charge in [0.05, 0.1) is 11.1 Å². The SMILES string of the molecule is Cc1ccccc1C(=O)Nc1sc2c(c1C(=O)Nc1cccc(C(F)(F)F)c1)CCC(C(C)(C)C)C2. The van der Waals surface area contributed by atoms with Crippen LogP contribution in [0.1, 0.15) is 69.5 Å². The summed E-state index contributed by atoms with van der Waals surface area (Å²) in [6.45, 7) is 8.42. The molecule has 0 spiro atoms. The van der Waals surface area contributed by atoms with Gasteiger partial charge < -0.3 is 10.6 Å². The number of carbonyl (C=O) groups excluding carboxylic acids is 2. The third-order valence-corrected chi connectivity index (χ3v) is 7.95. The van der Waals surface area contributed by atoms with Crippen molar-refractivity contribution in [2.24, 2.45) is 11.3 Å². The molecule has 8 heteroatoms. The molecule has 0 radical (unpaired) electrons. The summed E-state index contributed by atoms with van der Waals surface area (Å²) in [5, 5.41) is 5.97. The maximum Gasteiger partial charge on any atom is 0.416 e. The first kappa shape index (κ1) is 25.9. The van der Waals surface area contributed by atoms with Crippen molar-refractivity contribution in [3.63, 3.8) is 0 Å². The molecule has 0 fully saturated rings. The fourth-order valence-corrected chi connectivity index (χ4v) is 5.94. The zero-order valence-electron chi connectivity index (χ0n) is 20.7. The molecule has 3 aromatic rings. The first-order valence-electron chi connectivity index (χ1n) is 11.8. The van der Waals surface area contributed by atoms with Crippen molar-refractivity contribution in [2.45, 2.75) is 53.1 Å². The average molecular weight is 515 g/mol. The molecule has 2 N–H and O–H groups in total. The molecule has 190 valence electrons. The number of nitrogens with one attached hydrogen (secondary N) is 2. The maximum absolute atomic E-state index is 13.5. The second kappa shape index (κ2) is 9.73. The van der Waals surface area contributed by atoms with Crippen LogP contribution < -0.4 is 10.6 Å². The molecule has 2 amide bonds. The van der Waals surface area contributed by atoms with Crippen LogP contribution in [0.3, 0.4) is 0 Å². The van der Waals surface area contributed by atoms with Gasteiger partial charge in [0.25, 0.3) is 11.8 Å². The van der Waals surface area contributed by atoms with Crippen molar-refractivity contribution >= 4 is 33.8 Å². The summed E-state index contributed by atoms with van der Waals surface area (Å²) in [5.74, 6) is -0.434. The first-order chi connectivity index (χ1) is 16.8. The Morgan fingerprint density at radius 2 is 1.69 bits per heavy atom. The van der Waals surface area contributed by atoms with Gasteiger partial charge in [0, 0.05) is 16.1 Å². The van der Waals surface area contributed by atoms with Crippen LogP contribution in [0.4, 0.5) is 23.9 Å². The number of amides is 2. The number of anilines is 2. The highest BCUT2D eigenvalue weighted by Crippen LogP contribution is 2.44. The number of carbonyl (C=O) groups is 2. The largest absolute Gasteiger partial charge is 0.416 e. The minimum Gasteiger partial charge on any atom is -0.322 e. The molecule has 1 atom stereocenters. The molecular weight excluding hydrogens is 485 g/mol. The zero-order valence-corrected chi connectivity index (χ0v) is 21.5. The summed E-state index contributed by atoms with van der Waals surface area (Å²) in [7, 11) is 0. The van der Waals surface area contributed by atoms with Crippen molar-refractivity contribution < 1.29 is 22.8 Å². The van der Waals surface area contributed by atoms with E-state index in [1.165, 1.54) is 23.5 Å². The number of rotatable bonds is 4. The normalized spacial score (nSPS) is 15.8. The summed E-state index contributed by atoms with van der Waals surface area (Å²) in [5.41, 5.74) is 1.81. The van der Waals surface area contributed by atoms with Gasteiger partial charge in [-0.25, -0.2) is 0 Å². The minimum atomic E-state index is -4.52. The third kappa shape index (κ3) is 5.48. The molecule has 4 nitrogen and oxygen atoms in total. The van der Waals surface area contributed by atoms with Gasteiger partial charge in [0.1, 0.15) is 5.00 Å². The number of thiophene rings is 1. The number of benzene rings is 2. The zero-order chi connectivity index (χ0) is 26.3. The van der Waals surface area contributed by atoms with Crippen LogP contribution in [0, 0.1) is 18.3 Å². The van der Waals surface area contributed by atoms with E-state index in [2.05, 4.69) is 31.4 Å². The number of hydrogen-bond donors (Lipinski definition) is 2. The van der Waals surface area contributed by atoms with Gasteiger partial charge in [-0.15, -0.1) is 11.3 Å². The van der Waals surface area contributed by atoms with Crippen LogP contribution in [-0.2, 0) is 19.0 Å². The molecule has 1 aliphatic carbocycles. The number of fused-ring (bicyclic) bond motifs is 1. The van der Waals surface area contributed by atoms with E-state index in [4.69, 9.17) is 0 Å². The highest BCUT2D eigenvalue weighted by Gasteiger charge is 2.35. The summed E-state index contributed by atoms with van der Waals surface area (Å²) in [6, 6.07) is 11.7. The topological polar surface area (TPSA) is 58.2 Å². The van der Waals surface area contributed by atoms with Gasteiger partial charge in [-0.05, 0) is 72.9 Å². The monoisotopic (exact) mass is 514 g/mol. The lowest BCUT2D eigenvalue weighted by Gasteiger charge is -2.33. The van der Waals surface area contributed by atoms with Gasteiger partial charge in [0.15, 0.2) is 0 Å². The van der Waals surface area contributed by atoms with E-state index < -0.39 is 17.6 Å². The molecule has 2 aromatic carbocycles. The highest BCUT2D eigenvalue weighted by molar-refractivity contribution is 7.17. The highest BCUT2D eigenvalue weighted by atomic mass is 32.1. The summed E-state index contributed by atoms with van der Waals surface area (Å²) in [4.78, 5) is 27.6. The molecule has 0 aliphatic heterocycles. The smallest absolute Gasteiger partial charge is 0.322 e.